The van der Waals surface area contributed by atoms with E-state index in [0.29, 0.717) is 0 Å². The van der Waals surface area contributed by atoms with Crippen LogP contribution in [0.2, 0.25) is 0 Å². The van der Waals surface area contributed by atoms with Crippen LogP contribution in [0.1, 0.15) is 26.3 Å². The van der Waals surface area contributed by atoms with E-state index in [9.17, 15) is 5.11 Å². The van der Waals surface area contributed by atoms with Gasteiger partial charge in [0.2, 0.25) is 0 Å². The number of hydrogen-bond donors (Lipinski definition) is 0. The van der Waals surface area contributed by atoms with E-state index in [2.05, 4.69) is 0 Å². The van der Waals surface area contributed by atoms with E-state index >= 15 is 0 Å². The molecule has 0 radical (unpaired) electrons. The van der Waals surface area contributed by atoms with E-state index in [1.807, 2.05) is 32.9 Å². The Kier molecular flexibility index (Phi) is 7.12. The molecular weight excluding hydrogens is 240 g/mol. The van der Waals surface area contributed by atoms with E-state index < -0.39 is 0 Å². The van der Waals surface area contributed by atoms with Crippen molar-refractivity contribution in [3.8, 4) is 5.75 Å². The Hall–Kier alpha value is 0.266. The SMILES string of the molecule is CC(C)(C)c1ccccc1[O-].[Br-].[Mg+2]. The predicted molar refractivity (Wildman–Crippen MR) is 50.3 cm³/mol. The van der Waals surface area contributed by atoms with Crippen LogP contribution in [0.15, 0.2) is 24.3 Å². The Bertz CT molecular complexity index is 255. The summed E-state index contributed by atoms with van der Waals surface area (Å²) < 4.78 is 0. The van der Waals surface area contributed by atoms with Crippen molar-refractivity contribution in [2.75, 3.05) is 0 Å². The monoisotopic (exact) mass is 252 g/mol. The van der Waals surface area contributed by atoms with Gasteiger partial charge < -0.3 is 22.1 Å². The predicted octanol–water partition coefficient (Wildman–Crippen LogP) is -1.32. The molecule has 0 saturated carbocycles. The third-order valence-corrected chi connectivity index (χ3v) is 1.70. The first kappa shape index (κ1) is 15.7. The summed E-state index contributed by atoms with van der Waals surface area (Å²) in [6.45, 7) is 6.14. The maximum atomic E-state index is 11.3. The maximum absolute atomic E-state index is 11.3. The maximum Gasteiger partial charge on any atom is 2.00 e. The molecule has 0 aliphatic rings. The van der Waals surface area contributed by atoms with Gasteiger partial charge in [-0.05, 0) is 5.41 Å². The van der Waals surface area contributed by atoms with E-state index in [4.69, 9.17) is 0 Å². The van der Waals surface area contributed by atoms with Crippen LogP contribution in [0.4, 0.5) is 0 Å². The first-order valence-corrected chi connectivity index (χ1v) is 3.78. The smallest absolute Gasteiger partial charge is 1.00 e. The molecule has 0 N–H and O–H groups in total. The van der Waals surface area contributed by atoms with Gasteiger partial charge in [0.25, 0.3) is 0 Å². The minimum atomic E-state index is -0.0294. The molecule has 1 aromatic carbocycles. The molecule has 1 rings (SSSR count). The number of rotatable bonds is 0. The molecule has 1 aromatic rings. The van der Waals surface area contributed by atoms with Crippen LogP contribution >= 0.6 is 0 Å². The molecule has 0 aliphatic heterocycles. The number of halogens is 1. The summed E-state index contributed by atoms with van der Waals surface area (Å²) in [5.74, 6) is 0.139. The summed E-state index contributed by atoms with van der Waals surface area (Å²) in [6, 6.07) is 7.18. The molecule has 0 fully saturated rings. The second-order valence-electron chi connectivity index (χ2n) is 3.75. The molecule has 0 amide bonds. The second kappa shape index (κ2) is 5.88. The van der Waals surface area contributed by atoms with Crippen molar-refractivity contribution in [3.63, 3.8) is 0 Å². The zero-order chi connectivity index (χ0) is 8.48. The number of benzene rings is 1. The summed E-state index contributed by atoms with van der Waals surface area (Å²) in [5.41, 5.74) is 0.859. The fourth-order valence-electron chi connectivity index (χ4n) is 1.09. The van der Waals surface area contributed by atoms with Gasteiger partial charge in [-0.25, -0.2) is 0 Å². The van der Waals surface area contributed by atoms with Crippen molar-refractivity contribution in [1.82, 2.24) is 0 Å². The molecule has 0 bridgehead atoms. The average molecular weight is 253 g/mol. The van der Waals surface area contributed by atoms with Crippen molar-refractivity contribution >= 4 is 23.1 Å². The van der Waals surface area contributed by atoms with E-state index in [1.165, 1.54) is 0 Å². The Morgan fingerprint density at radius 3 is 1.85 bits per heavy atom. The topological polar surface area (TPSA) is 23.1 Å². The average Bonchev–Trinajstić information content (AvgIpc) is 1.86. The Balaban J connectivity index is 0. The normalized spacial score (nSPS) is 9.77. The Morgan fingerprint density at radius 1 is 1.08 bits per heavy atom. The van der Waals surface area contributed by atoms with Crippen LogP contribution in [0, 0.1) is 0 Å². The van der Waals surface area contributed by atoms with E-state index in [1.54, 1.807) is 12.1 Å². The summed E-state index contributed by atoms with van der Waals surface area (Å²) in [6.07, 6.45) is 0. The van der Waals surface area contributed by atoms with Gasteiger partial charge in [0.05, 0.1) is 0 Å². The molecule has 1 nitrogen and oxygen atoms in total. The van der Waals surface area contributed by atoms with Crippen molar-refractivity contribution in [1.29, 1.82) is 0 Å². The summed E-state index contributed by atoms with van der Waals surface area (Å²) in [7, 11) is 0. The van der Waals surface area contributed by atoms with Gasteiger partial charge in [0.15, 0.2) is 0 Å². The molecule has 0 saturated heterocycles. The minimum absolute atomic E-state index is 0. The molecule has 0 unspecified atom stereocenters. The van der Waals surface area contributed by atoms with Crippen LogP contribution in [-0.4, -0.2) is 23.1 Å². The molecule has 0 aromatic heterocycles. The van der Waals surface area contributed by atoms with Crippen molar-refractivity contribution in [2.45, 2.75) is 26.2 Å². The van der Waals surface area contributed by atoms with Gasteiger partial charge in [0, 0.05) is 0 Å². The van der Waals surface area contributed by atoms with Crippen molar-refractivity contribution in [2.24, 2.45) is 0 Å². The first-order valence-electron chi connectivity index (χ1n) is 3.78. The minimum Gasteiger partial charge on any atom is -1.00 e. The Morgan fingerprint density at radius 2 is 1.54 bits per heavy atom. The number of hydrogen-bond acceptors (Lipinski definition) is 1. The first-order chi connectivity index (χ1) is 5.02. The van der Waals surface area contributed by atoms with Gasteiger partial charge in [-0.2, -0.15) is 0 Å². The van der Waals surface area contributed by atoms with Crippen LogP contribution in [0.5, 0.6) is 5.75 Å². The van der Waals surface area contributed by atoms with Crippen LogP contribution < -0.4 is 22.1 Å². The van der Waals surface area contributed by atoms with Gasteiger partial charge in [-0.15, -0.1) is 5.75 Å². The molecule has 0 heterocycles. The standard InChI is InChI=1S/C10H14O.BrH.Mg/c1-10(2,3)8-6-4-5-7-9(8)11;;/h4-7,11H,1-3H3;1H;/q;;+2/p-2. The summed E-state index contributed by atoms with van der Waals surface area (Å²) in [5, 5.41) is 11.3. The molecule has 13 heavy (non-hydrogen) atoms. The third-order valence-electron chi connectivity index (χ3n) is 1.70. The fraction of sp³-hybridized carbons (Fsp3) is 0.400. The molecule has 0 aliphatic carbocycles. The van der Waals surface area contributed by atoms with Gasteiger partial charge in [0.1, 0.15) is 0 Å². The Labute approximate surface area is 106 Å². The fourth-order valence-corrected chi connectivity index (χ4v) is 1.09. The molecular formula is C10H13BrMgO. The quantitative estimate of drug-likeness (QED) is 0.526. The van der Waals surface area contributed by atoms with Gasteiger partial charge >= 0.3 is 23.1 Å². The van der Waals surface area contributed by atoms with Gasteiger partial charge in [-0.3, -0.25) is 0 Å². The zero-order valence-corrected chi connectivity index (χ0v) is 11.3. The summed E-state index contributed by atoms with van der Waals surface area (Å²) >= 11 is 0. The molecule has 3 heteroatoms. The van der Waals surface area contributed by atoms with Gasteiger partial charge in [-0.1, -0.05) is 50.6 Å². The van der Waals surface area contributed by atoms with Crippen molar-refractivity contribution < 1.29 is 22.1 Å². The van der Waals surface area contributed by atoms with Crippen molar-refractivity contribution in [3.05, 3.63) is 29.8 Å². The molecule has 0 spiro atoms. The van der Waals surface area contributed by atoms with Crippen LogP contribution in [-0.2, 0) is 5.41 Å². The molecule has 68 valence electrons. The largest absolute Gasteiger partial charge is 2.00 e. The second-order valence-corrected chi connectivity index (χ2v) is 3.75. The van der Waals surface area contributed by atoms with E-state index in [-0.39, 0.29) is 51.2 Å². The number of para-hydroxylation sites is 1. The zero-order valence-electron chi connectivity index (χ0n) is 8.30. The summed E-state index contributed by atoms with van der Waals surface area (Å²) in [4.78, 5) is 0. The van der Waals surface area contributed by atoms with E-state index in [0.717, 1.165) is 5.56 Å². The van der Waals surface area contributed by atoms with Crippen LogP contribution in [0.3, 0.4) is 0 Å². The van der Waals surface area contributed by atoms with Crippen LogP contribution in [0.25, 0.3) is 0 Å². The third kappa shape index (κ3) is 4.34. The molecule has 0 atom stereocenters.